The van der Waals surface area contributed by atoms with E-state index in [9.17, 15) is 4.79 Å². The van der Waals surface area contributed by atoms with Gasteiger partial charge in [-0.25, -0.2) is 3.21 Å². The summed E-state index contributed by atoms with van der Waals surface area (Å²) in [6, 6.07) is 0.0966. The predicted octanol–water partition coefficient (Wildman–Crippen LogP) is 2.08. The van der Waals surface area contributed by atoms with Crippen molar-refractivity contribution in [1.29, 1.82) is 0 Å². The summed E-state index contributed by atoms with van der Waals surface area (Å²) in [6.45, 7) is 6.74. The lowest BCUT2D eigenvalue weighted by atomic mass is 9.89. The van der Waals surface area contributed by atoms with Crippen LogP contribution < -0.4 is 5.84 Å². The van der Waals surface area contributed by atoms with Crippen molar-refractivity contribution in [1.82, 2.24) is 4.90 Å². The van der Waals surface area contributed by atoms with E-state index in [1.54, 1.807) is 13.3 Å². The number of hydrazone groups is 1. The predicted molar refractivity (Wildman–Crippen MR) is 96.2 cm³/mol. The number of likely N-dealkylation sites (tertiary alicyclic amines) is 1. The summed E-state index contributed by atoms with van der Waals surface area (Å²) in [7, 11) is 1.77. The average Bonchev–Trinajstić information content (AvgIpc) is 2.94. The molecule has 2 unspecified atom stereocenters. The number of hydrogen-bond acceptors (Lipinski definition) is 5. The summed E-state index contributed by atoms with van der Waals surface area (Å²) in [5.74, 6) is 5.26. The standard InChI is InChI=1S/C14H24IN5O/c1-9(2)13(11(19-16)8-18-15)14(21)20-7-5-6-12(20)10(3)17-4/h8-9,12-13H,5-7,16H2,1-4H3. The van der Waals surface area contributed by atoms with Gasteiger partial charge in [0.15, 0.2) is 0 Å². The van der Waals surface area contributed by atoms with Gasteiger partial charge in [-0.15, -0.1) is 0 Å². The first-order chi connectivity index (χ1) is 9.97. The number of nitrogens with two attached hydrogens (primary N) is 1. The lowest BCUT2D eigenvalue weighted by Gasteiger charge is -2.30. The zero-order valence-electron chi connectivity index (χ0n) is 13.1. The molecule has 0 aromatic rings. The average molecular weight is 405 g/mol. The Morgan fingerprint density at radius 1 is 1.48 bits per heavy atom. The first-order valence-electron chi connectivity index (χ1n) is 7.13. The fourth-order valence-corrected chi connectivity index (χ4v) is 3.08. The van der Waals surface area contributed by atoms with Crippen molar-refractivity contribution in [2.24, 2.45) is 31.0 Å². The molecule has 1 amide bonds. The van der Waals surface area contributed by atoms with E-state index in [4.69, 9.17) is 5.84 Å². The third-order valence-corrected chi connectivity index (χ3v) is 4.23. The molecule has 2 atom stereocenters. The highest BCUT2D eigenvalue weighted by Crippen LogP contribution is 2.24. The molecule has 21 heavy (non-hydrogen) atoms. The molecule has 6 nitrogen and oxygen atoms in total. The molecule has 0 spiro atoms. The molecule has 1 aliphatic heterocycles. The Kier molecular flexibility index (Phi) is 7.27. The fraction of sp³-hybridized carbons (Fsp3) is 0.714. The van der Waals surface area contributed by atoms with Gasteiger partial charge in [0, 0.05) is 19.3 Å². The Bertz CT molecular complexity index is 458. The van der Waals surface area contributed by atoms with Crippen molar-refractivity contribution < 1.29 is 4.79 Å². The molecule has 1 heterocycles. The van der Waals surface area contributed by atoms with Crippen LogP contribution in [0.2, 0.25) is 0 Å². The highest BCUT2D eigenvalue weighted by atomic mass is 127. The van der Waals surface area contributed by atoms with Crippen LogP contribution in [0.3, 0.4) is 0 Å². The number of carbonyl (C=O) groups is 1. The largest absolute Gasteiger partial charge is 0.334 e. The normalized spacial score (nSPS) is 22.4. The van der Waals surface area contributed by atoms with Gasteiger partial charge in [-0.2, -0.15) is 5.10 Å². The zero-order valence-corrected chi connectivity index (χ0v) is 15.2. The Morgan fingerprint density at radius 2 is 2.14 bits per heavy atom. The smallest absolute Gasteiger partial charge is 0.232 e. The molecule has 1 rings (SSSR count). The van der Waals surface area contributed by atoms with E-state index >= 15 is 0 Å². The van der Waals surface area contributed by atoms with Gasteiger partial charge < -0.3 is 10.7 Å². The monoisotopic (exact) mass is 405 g/mol. The van der Waals surface area contributed by atoms with Gasteiger partial charge >= 0.3 is 0 Å². The van der Waals surface area contributed by atoms with E-state index in [1.165, 1.54) is 0 Å². The zero-order chi connectivity index (χ0) is 16.0. The van der Waals surface area contributed by atoms with E-state index in [0.717, 1.165) is 25.1 Å². The van der Waals surface area contributed by atoms with Crippen LogP contribution in [-0.2, 0) is 4.79 Å². The van der Waals surface area contributed by atoms with Gasteiger partial charge in [0.25, 0.3) is 0 Å². The first-order valence-corrected chi connectivity index (χ1v) is 8.10. The number of amides is 1. The van der Waals surface area contributed by atoms with Gasteiger partial charge in [0.05, 0.1) is 46.8 Å². The number of nitrogens with zero attached hydrogens (tertiary/aromatic N) is 4. The van der Waals surface area contributed by atoms with E-state index in [1.807, 2.05) is 48.5 Å². The van der Waals surface area contributed by atoms with Crippen LogP contribution >= 0.6 is 22.9 Å². The number of halogens is 1. The Balaban J connectivity index is 3.06. The van der Waals surface area contributed by atoms with Crippen LogP contribution in [0.15, 0.2) is 13.3 Å². The van der Waals surface area contributed by atoms with E-state index in [0.29, 0.717) is 5.71 Å². The van der Waals surface area contributed by atoms with E-state index < -0.39 is 0 Å². The van der Waals surface area contributed by atoms with Crippen molar-refractivity contribution in [2.75, 3.05) is 13.6 Å². The fourth-order valence-electron chi connectivity index (χ4n) is 2.79. The number of hydrogen-bond donors (Lipinski definition) is 1. The van der Waals surface area contributed by atoms with Crippen LogP contribution in [0.1, 0.15) is 33.6 Å². The number of aliphatic imine (C=N–C) groups is 1. The molecule has 0 bridgehead atoms. The highest BCUT2D eigenvalue weighted by Gasteiger charge is 2.37. The van der Waals surface area contributed by atoms with E-state index in [-0.39, 0.29) is 23.8 Å². The van der Waals surface area contributed by atoms with Crippen molar-refractivity contribution in [3.8, 4) is 0 Å². The van der Waals surface area contributed by atoms with Gasteiger partial charge in [-0.1, -0.05) is 13.8 Å². The maximum Gasteiger partial charge on any atom is 0.232 e. The summed E-state index contributed by atoms with van der Waals surface area (Å²) >= 11 is 1.86. The Morgan fingerprint density at radius 3 is 2.62 bits per heavy atom. The van der Waals surface area contributed by atoms with Gasteiger partial charge in [0.1, 0.15) is 0 Å². The van der Waals surface area contributed by atoms with Gasteiger partial charge in [-0.3, -0.25) is 9.79 Å². The molecule has 1 saturated heterocycles. The molecule has 0 aromatic carbocycles. The van der Waals surface area contributed by atoms with Crippen molar-refractivity contribution >= 4 is 46.4 Å². The minimum Gasteiger partial charge on any atom is -0.334 e. The van der Waals surface area contributed by atoms with Crippen LogP contribution in [0.25, 0.3) is 0 Å². The summed E-state index contributed by atoms with van der Waals surface area (Å²) in [5.41, 5.74) is 1.53. The van der Waals surface area contributed by atoms with Crippen LogP contribution in [-0.4, -0.2) is 48.1 Å². The van der Waals surface area contributed by atoms with Crippen molar-refractivity contribution in [2.45, 2.75) is 39.7 Å². The van der Waals surface area contributed by atoms with Crippen LogP contribution in [0.4, 0.5) is 0 Å². The van der Waals surface area contributed by atoms with Crippen LogP contribution in [0.5, 0.6) is 0 Å². The van der Waals surface area contributed by atoms with Crippen molar-refractivity contribution in [3.63, 3.8) is 0 Å². The second-order valence-corrected chi connectivity index (χ2v) is 6.11. The molecule has 2 N–H and O–H groups in total. The third-order valence-electron chi connectivity index (χ3n) is 3.95. The molecule has 1 aliphatic rings. The molecule has 0 saturated carbocycles. The molecule has 0 radical (unpaired) electrons. The third kappa shape index (κ3) is 4.24. The van der Waals surface area contributed by atoms with Crippen LogP contribution in [0, 0.1) is 11.8 Å². The summed E-state index contributed by atoms with van der Waals surface area (Å²) in [6.07, 6.45) is 3.54. The minimum absolute atomic E-state index is 0.0657. The molecule has 0 aromatic heterocycles. The van der Waals surface area contributed by atoms with Gasteiger partial charge in [0.2, 0.25) is 5.91 Å². The summed E-state index contributed by atoms with van der Waals surface area (Å²) in [5, 5.41) is 3.77. The molecule has 0 aliphatic carbocycles. The lowest BCUT2D eigenvalue weighted by molar-refractivity contribution is -0.134. The highest BCUT2D eigenvalue weighted by molar-refractivity contribution is 14.1. The second-order valence-electron chi connectivity index (χ2n) is 5.56. The topological polar surface area (TPSA) is 83.4 Å². The number of carbonyl (C=O) groups excluding carboxylic acids is 1. The maximum atomic E-state index is 13.0. The molecular formula is C14H24IN5O. The summed E-state index contributed by atoms with van der Waals surface area (Å²) < 4.78 is 3.93. The van der Waals surface area contributed by atoms with E-state index in [2.05, 4.69) is 13.3 Å². The first kappa shape index (κ1) is 18.1. The second kappa shape index (κ2) is 8.45. The quantitative estimate of drug-likeness (QED) is 0.329. The summed E-state index contributed by atoms with van der Waals surface area (Å²) in [4.78, 5) is 19.1. The maximum absolute atomic E-state index is 13.0. The Hall–Kier alpha value is -0.990. The lowest BCUT2D eigenvalue weighted by Crippen LogP contribution is -2.46. The Labute approximate surface area is 140 Å². The molecular weight excluding hydrogens is 381 g/mol. The molecule has 1 fully saturated rings. The van der Waals surface area contributed by atoms with Gasteiger partial charge in [-0.05, 0) is 25.7 Å². The SMILES string of the molecule is CN=C(C)C1CCCN1C(=O)C(C(C=NI)=NN)C(C)C. The number of rotatable bonds is 5. The minimum atomic E-state index is -0.362. The molecule has 7 heteroatoms. The van der Waals surface area contributed by atoms with Crippen molar-refractivity contribution in [3.05, 3.63) is 0 Å². The molecule has 118 valence electrons.